The van der Waals surface area contributed by atoms with E-state index in [2.05, 4.69) is 34.1 Å². The molecule has 1 aromatic carbocycles. The van der Waals surface area contributed by atoms with Gasteiger partial charge in [0.05, 0.1) is 10.0 Å². The van der Waals surface area contributed by atoms with Crippen molar-refractivity contribution >= 4 is 45.6 Å². The third-order valence-electron chi connectivity index (χ3n) is 4.68. The third kappa shape index (κ3) is 5.13. The van der Waals surface area contributed by atoms with Crippen molar-refractivity contribution in [3.05, 3.63) is 44.4 Å². The molecule has 1 aliphatic rings. The van der Waals surface area contributed by atoms with E-state index < -0.39 is 0 Å². The minimum Gasteiger partial charge on any atom is -0.350 e. The Bertz CT molecular complexity index is 803. The second kappa shape index (κ2) is 9.24. The number of carbonyl (C=O) groups excluding carboxylic acids is 1. The maximum Gasteiger partial charge on any atom is 0.271 e. The minimum absolute atomic E-state index is 0.108. The number of nitrogens with one attached hydrogen (secondary N) is 1. The van der Waals surface area contributed by atoms with Gasteiger partial charge in [-0.1, -0.05) is 36.2 Å². The molecule has 8 heteroatoms. The molecule has 0 atom stereocenters. The van der Waals surface area contributed by atoms with Crippen LogP contribution in [0.3, 0.4) is 0 Å². The number of hydrogen-bond donors (Lipinski definition) is 1. The smallest absolute Gasteiger partial charge is 0.271 e. The number of anilines is 1. The summed E-state index contributed by atoms with van der Waals surface area (Å²) in [5.74, 6) is -0.108. The summed E-state index contributed by atoms with van der Waals surface area (Å²) in [6, 6.07) is 5.53. The van der Waals surface area contributed by atoms with Crippen LogP contribution < -0.4 is 10.2 Å². The Hall–Kier alpha value is -1.34. The lowest BCUT2D eigenvalue weighted by Crippen LogP contribution is -2.44. The van der Waals surface area contributed by atoms with E-state index in [1.165, 1.54) is 0 Å². The van der Waals surface area contributed by atoms with Gasteiger partial charge in [-0.15, -0.1) is 11.3 Å². The molecular formula is C19H24Cl2N4OS. The van der Waals surface area contributed by atoms with Gasteiger partial charge in [-0.05, 0) is 37.6 Å². The van der Waals surface area contributed by atoms with Crippen LogP contribution >= 0.6 is 34.5 Å². The van der Waals surface area contributed by atoms with Gasteiger partial charge in [0.1, 0.15) is 5.69 Å². The van der Waals surface area contributed by atoms with Gasteiger partial charge < -0.3 is 15.1 Å². The monoisotopic (exact) mass is 426 g/mol. The molecule has 5 nitrogen and oxygen atoms in total. The molecule has 1 aliphatic heterocycles. The minimum atomic E-state index is -0.108. The average molecular weight is 427 g/mol. The van der Waals surface area contributed by atoms with Crippen LogP contribution in [0.15, 0.2) is 18.2 Å². The number of carbonyl (C=O) groups is 1. The standard InChI is InChI=1S/C19H24Cl2N4OS/c1-3-16-17(23-19(27-16)25-10-8-24(2)9-11-25)18(26)22-7-6-13-4-5-14(20)15(21)12-13/h4-5,12H,3,6-11H2,1-2H3,(H,22,26). The number of aromatic nitrogens is 1. The van der Waals surface area contributed by atoms with E-state index in [4.69, 9.17) is 23.2 Å². The molecule has 1 fully saturated rings. The summed E-state index contributed by atoms with van der Waals surface area (Å²) in [7, 11) is 2.13. The zero-order valence-corrected chi connectivity index (χ0v) is 17.9. The fourth-order valence-electron chi connectivity index (χ4n) is 2.99. The molecular weight excluding hydrogens is 403 g/mol. The first-order valence-corrected chi connectivity index (χ1v) is 10.7. The molecule has 1 amide bonds. The Kier molecular flexibility index (Phi) is 6.98. The van der Waals surface area contributed by atoms with Crippen LogP contribution in [-0.2, 0) is 12.8 Å². The summed E-state index contributed by atoms with van der Waals surface area (Å²) >= 11 is 13.6. The number of piperazine rings is 1. The molecule has 0 bridgehead atoms. The molecule has 1 N–H and O–H groups in total. The highest BCUT2D eigenvalue weighted by molar-refractivity contribution is 7.15. The molecule has 2 aromatic rings. The van der Waals surface area contributed by atoms with E-state index in [0.29, 0.717) is 28.7 Å². The quantitative estimate of drug-likeness (QED) is 0.763. The number of amides is 1. The van der Waals surface area contributed by atoms with E-state index in [1.54, 1.807) is 17.4 Å². The zero-order chi connectivity index (χ0) is 19.4. The van der Waals surface area contributed by atoms with Crippen LogP contribution in [0, 0.1) is 0 Å². The fraction of sp³-hybridized carbons (Fsp3) is 0.474. The van der Waals surface area contributed by atoms with E-state index in [9.17, 15) is 4.79 Å². The fourth-order valence-corrected chi connectivity index (χ4v) is 4.36. The normalized spacial score (nSPS) is 15.2. The molecule has 0 radical (unpaired) electrons. The van der Waals surface area contributed by atoms with Crippen molar-refractivity contribution in [2.75, 3.05) is 44.7 Å². The molecule has 1 saturated heterocycles. The van der Waals surface area contributed by atoms with Crippen molar-refractivity contribution in [1.82, 2.24) is 15.2 Å². The Morgan fingerprint density at radius 1 is 1.22 bits per heavy atom. The van der Waals surface area contributed by atoms with Gasteiger partial charge in [0.2, 0.25) is 0 Å². The van der Waals surface area contributed by atoms with Gasteiger partial charge in [-0.2, -0.15) is 0 Å². The van der Waals surface area contributed by atoms with Crippen molar-refractivity contribution in [2.45, 2.75) is 19.8 Å². The van der Waals surface area contributed by atoms with Crippen molar-refractivity contribution < 1.29 is 4.79 Å². The number of thiazole rings is 1. The number of benzene rings is 1. The molecule has 27 heavy (non-hydrogen) atoms. The summed E-state index contributed by atoms with van der Waals surface area (Å²) < 4.78 is 0. The van der Waals surface area contributed by atoms with E-state index >= 15 is 0 Å². The lowest BCUT2D eigenvalue weighted by molar-refractivity contribution is 0.0949. The first-order chi connectivity index (χ1) is 13.0. The summed E-state index contributed by atoms with van der Waals surface area (Å²) in [4.78, 5) is 22.9. The lowest BCUT2D eigenvalue weighted by Gasteiger charge is -2.32. The highest BCUT2D eigenvalue weighted by Crippen LogP contribution is 2.28. The Morgan fingerprint density at radius 3 is 2.63 bits per heavy atom. The van der Waals surface area contributed by atoms with E-state index in [1.807, 2.05) is 12.1 Å². The van der Waals surface area contributed by atoms with Gasteiger partial charge in [-0.25, -0.2) is 4.98 Å². The van der Waals surface area contributed by atoms with Crippen molar-refractivity contribution in [3.63, 3.8) is 0 Å². The maximum atomic E-state index is 12.6. The van der Waals surface area contributed by atoms with Gasteiger partial charge in [0.15, 0.2) is 5.13 Å². The van der Waals surface area contributed by atoms with E-state index in [0.717, 1.165) is 48.2 Å². The maximum absolute atomic E-state index is 12.6. The van der Waals surface area contributed by atoms with Gasteiger partial charge in [0.25, 0.3) is 5.91 Å². The molecule has 0 unspecified atom stereocenters. The topological polar surface area (TPSA) is 48.5 Å². The predicted molar refractivity (Wildman–Crippen MR) is 114 cm³/mol. The Balaban J connectivity index is 1.61. The SMILES string of the molecule is CCc1sc(N2CCN(C)CC2)nc1C(=O)NCCc1ccc(Cl)c(Cl)c1. The van der Waals surface area contributed by atoms with Crippen LogP contribution in [-0.4, -0.2) is 55.6 Å². The summed E-state index contributed by atoms with van der Waals surface area (Å²) in [6.45, 7) is 6.53. The van der Waals surface area contributed by atoms with Gasteiger partial charge in [-0.3, -0.25) is 4.79 Å². The Labute approximate surface area is 174 Å². The molecule has 0 spiro atoms. The summed E-state index contributed by atoms with van der Waals surface area (Å²) in [5.41, 5.74) is 1.60. The van der Waals surface area contributed by atoms with E-state index in [-0.39, 0.29) is 5.91 Å². The van der Waals surface area contributed by atoms with Crippen molar-refractivity contribution in [2.24, 2.45) is 0 Å². The zero-order valence-electron chi connectivity index (χ0n) is 15.6. The summed E-state index contributed by atoms with van der Waals surface area (Å²) in [5, 5.41) is 5.01. The molecule has 2 heterocycles. The third-order valence-corrected chi connectivity index (χ3v) is 6.68. The highest BCUT2D eigenvalue weighted by Gasteiger charge is 2.22. The van der Waals surface area contributed by atoms with Crippen LogP contribution in [0.1, 0.15) is 27.9 Å². The van der Waals surface area contributed by atoms with Crippen molar-refractivity contribution in [1.29, 1.82) is 0 Å². The second-order valence-electron chi connectivity index (χ2n) is 6.67. The number of hydrogen-bond acceptors (Lipinski definition) is 5. The van der Waals surface area contributed by atoms with Crippen LogP contribution in [0.4, 0.5) is 5.13 Å². The van der Waals surface area contributed by atoms with Gasteiger partial charge >= 0.3 is 0 Å². The first kappa shape index (κ1) is 20.4. The number of halogens is 2. The second-order valence-corrected chi connectivity index (χ2v) is 8.54. The molecule has 1 aromatic heterocycles. The van der Waals surface area contributed by atoms with Crippen LogP contribution in [0.2, 0.25) is 10.0 Å². The average Bonchev–Trinajstić information content (AvgIpc) is 3.09. The first-order valence-electron chi connectivity index (χ1n) is 9.13. The number of rotatable bonds is 6. The lowest BCUT2D eigenvalue weighted by atomic mass is 10.1. The van der Waals surface area contributed by atoms with Crippen molar-refractivity contribution in [3.8, 4) is 0 Å². The summed E-state index contributed by atoms with van der Waals surface area (Å²) in [6.07, 6.45) is 1.50. The predicted octanol–water partition coefficient (Wildman–Crippen LogP) is 3.74. The number of nitrogens with zero attached hydrogens (tertiary/aromatic N) is 3. The molecule has 0 aliphatic carbocycles. The van der Waals surface area contributed by atoms with Crippen LogP contribution in [0.25, 0.3) is 0 Å². The van der Waals surface area contributed by atoms with Gasteiger partial charge in [0, 0.05) is 37.6 Å². The largest absolute Gasteiger partial charge is 0.350 e. The Morgan fingerprint density at radius 2 is 1.96 bits per heavy atom. The highest BCUT2D eigenvalue weighted by atomic mass is 35.5. The number of aryl methyl sites for hydroxylation is 1. The molecule has 0 saturated carbocycles. The molecule has 146 valence electrons. The number of likely N-dealkylation sites (N-methyl/N-ethyl adjacent to an activating group) is 1. The van der Waals surface area contributed by atoms with Crippen LogP contribution in [0.5, 0.6) is 0 Å². The molecule has 3 rings (SSSR count).